The van der Waals surface area contributed by atoms with E-state index in [4.69, 9.17) is 23.7 Å². The Balaban J connectivity index is 1.80. The first kappa shape index (κ1) is 39.1. The van der Waals surface area contributed by atoms with E-state index in [-0.39, 0.29) is 0 Å². The zero-order chi connectivity index (χ0) is 34.9. The molecule has 3 rings (SSSR count). The Morgan fingerprint density at radius 2 is 1.59 bits per heavy atom. The minimum atomic E-state index is -5.81. The summed E-state index contributed by atoms with van der Waals surface area (Å²) in [6, 6.07) is -2.23. The van der Waals surface area contributed by atoms with Gasteiger partial charge in [0.25, 0.3) is 10.1 Å². The van der Waals surface area contributed by atoms with E-state index < -0.39 is 145 Å². The standard InChI is InChI=1S/C23H41NO21S/c1-7(27)24-18-8(28)2-22(37,45-23(18,46(38,39)40)19(35)9(29)3-25)6-41-5-11-12(30)13(31)16(34)21(43-11)44-17-10(4-26)42-20(36)15(33)14(17)32/h8-21,25-26,28-37H,2-6H2,1H3,(H,24,27)(H,38,39,40)/t8-,9+,10+,11+,12-,13-,14+,15+,16+,17+,18+,19+,20-,21-,22-,23-/m0/s1. The highest BCUT2D eigenvalue weighted by Crippen LogP contribution is 2.42. The SMILES string of the molecule is CC(=O)N[C@@H]1[C@@H](O)C[C@@](O)(COC[C@H]2O[C@@H](O[C@H]3[C@H](O)[C@@H](O)[C@@H](O)O[C@@H]3CO)[C@H](O)[C@@H](O)[C@H]2O)O[C@]1([C@H](O)[C@H](O)CO)S(=O)(=O)O. The molecule has 0 aliphatic carbocycles. The van der Waals surface area contributed by atoms with Crippen molar-refractivity contribution < 1.29 is 103 Å². The fourth-order valence-electron chi connectivity index (χ4n) is 5.49. The second kappa shape index (κ2) is 15.1. The predicted octanol–water partition coefficient (Wildman–Crippen LogP) is -9.10. The van der Waals surface area contributed by atoms with Gasteiger partial charge in [0.1, 0.15) is 73.7 Å². The Hall–Kier alpha value is -1.30. The molecule has 14 N–H and O–H groups in total. The van der Waals surface area contributed by atoms with Crippen molar-refractivity contribution in [1.29, 1.82) is 0 Å². The summed E-state index contributed by atoms with van der Waals surface area (Å²) in [6.45, 7) is -3.28. The number of carbonyl (C=O) groups excluding carboxylic acids is 1. The summed E-state index contributed by atoms with van der Waals surface area (Å²) in [7, 11) is -5.81. The van der Waals surface area contributed by atoms with Crippen LogP contribution in [0, 0.1) is 0 Å². The van der Waals surface area contributed by atoms with Crippen LogP contribution in [0.25, 0.3) is 0 Å². The Morgan fingerprint density at radius 3 is 2.13 bits per heavy atom. The molecular weight excluding hydrogens is 658 g/mol. The van der Waals surface area contributed by atoms with Gasteiger partial charge in [0.2, 0.25) is 10.8 Å². The molecule has 0 aromatic heterocycles. The van der Waals surface area contributed by atoms with Crippen LogP contribution in [0.2, 0.25) is 0 Å². The fraction of sp³-hybridized carbons (Fsp3) is 0.957. The van der Waals surface area contributed by atoms with Gasteiger partial charge < -0.3 is 90.3 Å². The van der Waals surface area contributed by atoms with Crippen LogP contribution in [0.3, 0.4) is 0 Å². The molecule has 0 aromatic rings. The molecule has 0 bridgehead atoms. The topological polar surface area (TPSA) is 372 Å². The van der Waals surface area contributed by atoms with Gasteiger partial charge >= 0.3 is 0 Å². The molecule has 1 amide bonds. The predicted molar refractivity (Wildman–Crippen MR) is 140 cm³/mol. The van der Waals surface area contributed by atoms with Crippen LogP contribution >= 0.6 is 0 Å². The highest BCUT2D eigenvalue weighted by molar-refractivity contribution is 7.87. The highest BCUT2D eigenvalue weighted by atomic mass is 32.2. The first-order valence-electron chi connectivity index (χ1n) is 13.8. The minimum Gasteiger partial charge on any atom is -0.394 e. The van der Waals surface area contributed by atoms with Gasteiger partial charge in [-0.25, -0.2) is 0 Å². The van der Waals surface area contributed by atoms with Crippen molar-refractivity contribution in [2.45, 2.75) is 110 Å². The van der Waals surface area contributed by atoms with Crippen molar-refractivity contribution in [3.8, 4) is 0 Å². The van der Waals surface area contributed by atoms with Crippen LogP contribution in [-0.4, -0.2) is 203 Å². The number of carbonyl (C=O) groups is 1. The Kier molecular flexibility index (Phi) is 12.8. The largest absolute Gasteiger partial charge is 0.394 e. The lowest BCUT2D eigenvalue weighted by Crippen LogP contribution is -2.76. The summed E-state index contributed by atoms with van der Waals surface area (Å²) in [6.07, 6.45) is -26.6. The Bertz CT molecular complexity index is 1130. The zero-order valence-corrected chi connectivity index (χ0v) is 24.9. The van der Waals surface area contributed by atoms with E-state index in [2.05, 4.69) is 0 Å². The molecule has 0 aromatic carbocycles. The molecule has 16 atom stereocenters. The average molecular weight is 700 g/mol. The molecule has 46 heavy (non-hydrogen) atoms. The molecule has 3 aliphatic rings. The molecule has 23 heteroatoms. The van der Waals surface area contributed by atoms with E-state index in [1.54, 1.807) is 0 Å². The van der Waals surface area contributed by atoms with Crippen molar-refractivity contribution >= 4 is 16.0 Å². The number of nitrogens with one attached hydrogen (secondary N) is 1. The molecule has 22 nitrogen and oxygen atoms in total. The molecule has 3 saturated heterocycles. The molecular formula is C23H41NO21S. The molecule has 0 radical (unpaired) electrons. The minimum absolute atomic E-state index is 0.836. The first-order valence-corrected chi connectivity index (χ1v) is 15.2. The number of hydrogen-bond acceptors (Lipinski definition) is 20. The van der Waals surface area contributed by atoms with Crippen molar-refractivity contribution in [2.75, 3.05) is 26.4 Å². The summed E-state index contributed by atoms with van der Waals surface area (Å²) in [5, 5.41) is 124. The van der Waals surface area contributed by atoms with Crippen LogP contribution in [0.1, 0.15) is 13.3 Å². The maximum absolute atomic E-state index is 12.6. The second-order valence-electron chi connectivity index (χ2n) is 11.2. The molecule has 0 saturated carbocycles. The number of aliphatic hydroxyl groups excluding tert-OH is 11. The fourth-order valence-corrected chi connectivity index (χ4v) is 6.75. The van der Waals surface area contributed by atoms with Gasteiger partial charge in [0, 0.05) is 13.3 Å². The summed E-state index contributed by atoms with van der Waals surface area (Å²) >= 11 is 0. The van der Waals surface area contributed by atoms with Crippen LogP contribution in [0.15, 0.2) is 0 Å². The van der Waals surface area contributed by atoms with E-state index in [0.717, 1.165) is 6.92 Å². The van der Waals surface area contributed by atoms with Gasteiger partial charge in [-0.3, -0.25) is 9.35 Å². The van der Waals surface area contributed by atoms with Crippen molar-refractivity contribution in [3.63, 3.8) is 0 Å². The molecule has 3 aliphatic heterocycles. The van der Waals surface area contributed by atoms with E-state index in [1.165, 1.54) is 0 Å². The summed E-state index contributed by atoms with van der Waals surface area (Å²) in [5.41, 5.74) is 0. The molecule has 0 spiro atoms. The lowest BCUT2D eigenvalue weighted by Gasteiger charge is -2.52. The Morgan fingerprint density at radius 1 is 0.957 bits per heavy atom. The lowest BCUT2D eigenvalue weighted by atomic mass is 9.88. The van der Waals surface area contributed by atoms with Crippen LogP contribution < -0.4 is 5.32 Å². The van der Waals surface area contributed by atoms with Crippen LogP contribution in [-0.2, 0) is 38.6 Å². The normalized spacial score (nSPS) is 45.2. The summed E-state index contributed by atoms with van der Waals surface area (Å²) < 4.78 is 61.6. The molecule has 3 fully saturated rings. The average Bonchev–Trinajstić information content (AvgIpc) is 2.97. The van der Waals surface area contributed by atoms with Gasteiger partial charge in [0.05, 0.1) is 25.9 Å². The smallest absolute Gasteiger partial charge is 0.300 e. The third kappa shape index (κ3) is 7.78. The quantitative estimate of drug-likeness (QED) is 0.0841. The van der Waals surface area contributed by atoms with E-state index in [9.17, 15) is 79.0 Å². The summed E-state index contributed by atoms with van der Waals surface area (Å²) in [4.78, 5) is 8.19. The number of aliphatic hydroxyl groups is 12. The van der Waals surface area contributed by atoms with Gasteiger partial charge in [-0.15, -0.1) is 0 Å². The number of rotatable bonds is 12. The number of hydrogen-bond donors (Lipinski definition) is 14. The highest BCUT2D eigenvalue weighted by Gasteiger charge is 2.67. The number of amides is 1. The molecule has 270 valence electrons. The maximum atomic E-state index is 12.6. The van der Waals surface area contributed by atoms with Crippen LogP contribution in [0.5, 0.6) is 0 Å². The van der Waals surface area contributed by atoms with Crippen LogP contribution in [0.4, 0.5) is 0 Å². The van der Waals surface area contributed by atoms with Gasteiger partial charge in [-0.2, -0.15) is 8.42 Å². The van der Waals surface area contributed by atoms with Crippen molar-refractivity contribution in [3.05, 3.63) is 0 Å². The maximum Gasteiger partial charge on any atom is 0.300 e. The third-order valence-corrected chi connectivity index (χ3v) is 9.22. The van der Waals surface area contributed by atoms with E-state index >= 15 is 0 Å². The van der Waals surface area contributed by atoms with Gasteiger partial charge in [-0.1, -0.05) is 0 Å². The lowest BCUT2D eigenvalue weighted by molar-refractivity contribution is -0.359. The second-order valence-corrected chi connectivity index (χ2v) is 12.8. The van der Waals surface area contributed by atoms with Crippen molar-refractivity contribution in [2.24, 2.45) is 0 Å². The Labute approximate surface area is 260 Å². The summed E-state index contributed by atoms with van der Waals surface area (Å²) in [5.74, 6) is -3.96. The molecule has 3 heterocycles. The third-order valence-electron chi connectivity index (χ3n) is 7.83. The van der Waals surface area contributed by atoms with E-state index in [1.807, 2.05) is 5.32 Å². The zero-order valence-electron chi connectivity index (χ0n) is 24.1. The first-order chi connectivity index (χ1) is 21.2. The van der Waals surface area contributed by atoms with Gasteiger partial charge in [0.15, 0.2) is 18.4 Å². The monoisotopic (exact) mass is 699 g/mol. The molecule has 0 unspecified atom stereocenters. The number of ether oxygens (including phenoxy) is 5. The van der Waals surface area contributed by atoms with Crippen molar-refractivity contribution in [1.82, 2.24) is 5.32 Å². The van der Waals surface area contributed by atoms with E-state index in [0.29, 0.717) is 0 Å². The van der Waals surface area contributed by atoms with Gasteiger partial charge in [-0.05, 0) is 0 Å².